The minimum Gasteiger partial charge on any atom is -1.00 e. The lowest BCUT2D eigenvalue weighted by atomic mass is 10.5. The Labute approximate surface area is 90.6 Å². The lowest BCUT2D eigenvalue weighted by molar-refractivity contribution is -0.698. The molecule has 1 aromatic heterocycles. The third kappa shape index (κ3) is 3.97. The molecule has 0 fully saturated rings. The summed E-state index contributed by atoms with van der Waals surface area (Å²) in [7, 11) is -0.917. The minimum atomic E-state index is -0.917. The smallest absolute Gasteiger partial charge is 0.171 e. The average molecular weight is 266 g/mol. The summed E-state index contributed by atoms with van der Waals surface area (Å²) in [5.74, 6) is 0. The van der Waals surface area contributed by atoms with Gasteiger partial charge in [-0.3, -0.25) is 4.21 Å². The van der Waals surface area contributed by atoms with E-state index >= 15 is 0 Å². The van der Waals surface area contributed by atoms with Crippen LogP contribution in [0.2, 0.25) is 0 Å². The monoisotopic (exact) mass is 265 g/mol. The van der Waals surface area contributed by atoms with Gasteiger partial charge in [-0.15, -0.1) is 0 Å². The van der Waals surface area contributed by atoms with Crippen LogP contribution in [0.4, 0.5) is 0 Å². The zero-order valence-corrected chi connectivity index (χ0v) is 9.71. The second-order valence-electron chi connectivity index (χ2n) is 2.45. The van der Waals surface area contributed by atoms with Gasteiger partial charge in [0.05, 0.1) is 15.7 Å². The number of aliphatic hydroxyl groups excluding tert-OH is 1. The Hall–Kier alpha value is -0.260. The van der Waals surface area contributed by atoms with E-state index in [1.807, 2.05) is 17.0 Å². The highest BCUT2D eigenvalue weighted by Crippen LogP contribution is 1.99. The molecular weight excluding hydrogens is 254 g/mol. The molecule has 3 nitrogen and oxygen atoms in total. The number of aliphatic hydroxyl groups is 1. The summed E-state index contributed by atoms with van der Waals surface area (Å²) >= 11 is 0. The molecule has 0 aliphatic heterocycles. The van der Waals surface area contributed by atoms with E-state index in [2.05, 4.69) is 0 Å². The standard InChI is InChI=1S/C8H12NO2S.BrH/c1-12(11)8-2-4-9(5-3-8)6-7-10;/h2-5,10H,6-7H2,1H3;1H/q+1;/p-1. The predicted molar refractivity (Wildman–Crippen MR) is 46.1 cm³/mol. The molecule has 0 aliphatic carbocycles. The van der Waals surface area contributed by atoms with Crippen LogP contribution in [0.15, 0.2) is 29.4 Å². The molecule has 0 aliphatic rings. The average Bonchev–Trinajstić information content (AvgIpc) is 2.06. The van der Waals surface area contributed by atoms with Crippen molar-refractivity contribution in [3.05, 3.63) is 24.5 Å². The van der Waals surface area contributed by atoms with Gasteiger partial charge in [0.2, 0.25) is 0 Å². The Morgan fingerprint density at radius 3 is 2.38 bits per heavy atom. The lowest BCUT2D eigenvalue weighted by Gasteiger charge is -1.94. The molecule has 1 N–H and O–H groups in total. The van der Waals surface area contributed by atoms with E-state index in [4.69, 9.17) is 5.11 Å². The highest BCUT2D eigenvalue weighted by molar-refractivity contribution is 7.84. The predicted octanol–water partition coefficient (Wildman–Crippen LogP) is -3.29. The molecule has 13 heavy (non-hydrogen) atoms. The first kappa shape index (κ1) is 12.7. The summed E-state index contributed by atoms with van der Waals surface area (Å²) in [6.45, 7) is 0.704. The summed E-state index contributed by atoms with van der Waals surface area (Å²) in [5, 5.41) is 8.62. The second-order valence-corrected chi connectivity index (χ2v) is 3.83. The Bertz CT molecular complexity index is 276. The first-order chi connectivity index (χ1) is 5.74. The fourth-order valence-electron chi connectivity index (χ4n) is 0.900. The van der Waals surface area contributed by atoms with Crippen LogP contribution in [0, 0.1) is 0 Å². The van der Waals surface area contributed by atoms with Crippen molar-refractivity contribution in [2.24, 2.45) is 0 Å². The third-order valence-corrected chi connectivity index (χ3v) is 2.49. The molecule has 1 unspecified atom stereocenters. The number of hydrogen-bond acceptors (Lipinski definition) is 2. The summed E-state index contributed by atoms with van der Waals surface area (Å²) < 4.78 is 12.8. The molecule has 74 valence electrons. The normalized spacial score (nSPS) is 11.8. The van der Waals surface area contributed by atoms with Crippen molar-refractivity contribution in [1.29, 1.82) is 0 Å². The van der Waals surface area contributed by atoms with Gasteiger partial charge in [-0.1, -0.05) is 0 Å². The Morgan fingerprint density at radius 1 is 1.46 bits per heavy atom. The van der Waals surface area contributed by atoms with Crippen molar-refractivity contribution in [1.82, 2.24) is 0 Å². The van der Waals surface area contributed by atoms with Gasteiger partial charge in [0.25, 0.3) is 0 Å². The van der Waals surface area contributed by atoms with Gasteiger partial charge in [0.15, 0.2) is 18.9 Å². The SMILES string of the molecule is CS(=O)c1cc[n+](CCO)cc1.[Br-]. The first-order valence-corrected chi connectivity index (χ1v) is 5.23. The highest BCUT2D eigenvalue weighted by Gasteiger charge is 2.01. The van der Waals surface area contributed by atoms with E-state index in [9.17, 15) is 4.21 Å². The Balaban J connectivity index is 0.00000144. The number of aromatic nitrogens is 1. The van der Waals surface area contributed by atoms with Gasteiger partial charge in [-0.05, 0) is 0 Å². The molecule has 0 radical (unpaired) electrons. The zero-order valence-electron chi connectivity index (χ0n) is 7.31. The molecule has 0 bridgehead atoms. The number of halogens is 1. The van der Waals surface area contributed by atoms with Crippen LogP contribution in [-0.4, -0.2) is 22.2 Å². The van der Waals surface area contributed by atoms with E-state index in [0.29, 0.717) is 6.54 Å². The van der Waals surface area contributed by atoms with Gasteiger partial charge in [-0.2, -0.15) is 0 Å². The molecule has 1 atom stereocenters. The fourth-order valence-corrected chi connectivity index (χ4v) is 1.40. The fraction of sp³-hybridized carbons (Fsp3) is 0.375. The van der Waals surface area contributed by atoms with Gasteiger partial charge in [-0.25, -0.2) is 4.57 Å². The Morgan fingerprint density at radius 2 is 2.00 bits per heavy atom. The maximum atomic E-state index is 11.0. The molecule has 0 saturated carbocycles. The van der Waals surface area contributed by atoms with Crippen LogP contribution in [0.25, 0.3) is 0 Å². The number of hydrogen-bond donors (Lipinski definition) is 1. The third-order valence-electron chi connectivity index (χ3n) is 1.55. The highest BCUT2D eigenvalue weighted by atomic mass is 79.9. The molecule has 1 rings (SSSR count). The molecule has 1 aromatic rings. The van der Waals surface area contributed by atoms with E-state index in [1.54, 1.807) is 18.4 Å². The maximum absolute atomic E-state index is 11.0. The zero-order chi connectivity index (χ0) is 8.97. The van der Waals surface area contributed by atoms with E-state index in [0.717, 1.165) is 4.90 Å². The summed E-state index contributed by atoms with van der Waals surface area (Å²) in [6.07, 6.45) is 5.27. The molecule has 0 aromatic carbocycles. The van der Waals surface area contributed by atoms with Crippen LogP contribution in [0.5, 0.6) is 0 Å². The number of nitrogens with zero attached hydrogens (tertiary/aromatic N) is 1. The quantitative estimate of drug-likeness (QED) is 0.583. The summed E-state index contributed by atoms with van der Waals surface area (Å²) in [5.41, 5.74) is 0. The van der Waals surface area contributed by atoms with E-state index in [1.165, 1.54) is 0 Å². The maximum Gasteiger partial charge on any atom is 0.171 e. The van der Waals surface area contributed by atoms with Crippen LogP contribution < -0.4 is 21.5 Å². The van der Waals surface area contributed by atoms with Crippen molar-refractivity contribution >= 4 is 10.8 Å². The minimum absolute atomic E-state index is 0. The molecule has 1 heterocycles. The lowest BCUT2D eigenvalue weighted by Crippen LogP contribution is -3.00. The number of rotatable bonds is 3. The summed E-state index contributed by atoms with van der Waals surface area (Å²) in [4.78, 5) is 0.809. The largest absolute Gasteiger partial charge is 1.00 e. The molecular formula is C8H12BrNO2S. The van der Waals surface area contributed by atoms with Gasteiger partial charge >= 0.3 is 0 Å². The van der Waals surface area contributed by atoms with Crippen LogP contribution in [0.3, 0.4) is 0 Å². The van der Waals surface area contributed by atoms with Gasteiger partial charge in [0.1, 0.15) is 6.61 Å². The van der Waals surface area contributed by atoms with Gasteiger partial charge < -0.3 is 22.1 Å². The van der Waals surface area contributed by atoms with Crippen molar-refractivity contribution < 1.29 is 30.9 Å². The molecule has 0 saturated heterocycles. The van der Waals surface area contributed by atoms with Crippen molar-refractivity contribution in [3.8, 4) is 0 Å². The van der Waals surface area contributed by atoms with Crippen molar-refractivity contribution in [2.45, 2.75) is 11.4 Å². The summed E-state index contributed by atoms with van der Waals surface area (Å²) in [6, 6.07) is 3.59. The van der Waals surface area contributed by atoms with Crippen LogP contribution >= 0.6 is 0 Å². The van der Waals surface area contributed by atoms with Crippen LogP contribution in [-0.2, 0) is 17.3 Å². The van der Waals surface area contributed by atoms with E-state index < -0.39 is 10.8 Å². The van der Waals surface area contributed by atoms with Crippen LogP contribution in [0.1, 0.15) is 0 Å². The van der Waals surface area contributed by atoms with Crippen molar-refractivity contribution in [3.63, 3.8) is 0 Å². The topological polar surface area (TPSA) is 41.2 Å². The molecule has 0 spiro atoms. The van der Waals surface area contributed by atoms with E-state index in [-0.39, 0.29) is 23.6 Å². The second kappa shape index (κ2) is 6.23. The molecule has 5 heteroatoms. The van der Waals surface area contributed by atoms with Crippen molar-refractivity contribution in [2.75, 3.05) is 12.9 Å². The Kier molecular flexibility index (Phi) is 6.11. The van der Waals surface area contributed by atoms with Gasteiger partial charge in [0, 0.05) is 18.4 Å². The number of pyridine rings is 1. The first-order valence-electron chi connectivity index (χ1n) is 3.67. The molecule has 0 amide bonds.